The molecule has 15 aromatic carbocycles. The second-order valence-electron chi connectivity index (χ2n) is 25.1. The molecule has 1 aliphatic carbocycles. The summed E-state index contributed by atoms with van der Waals surface area (Å²) in [7, 11) is 0. The van der Waals surface area contributed by atoms with E-state index >= 15 is 0 Å². The SMILES string of the molecule is Cc1ccccc1-c1cccc2c1oc1c(N(C3=CC=c4ccc5c(N(c6ccc(-c7ccccc7)cc6-c6ccccc6)c6cccc7c6oc6c(-c8ccccc8C)cccc67)ccc6ccc(c4c65)C3)c3ccc(-c4ccccc4)cc3-c3ccccc3)cccc12. The van der Waals surface area contributed by atoms with Crippen molar-refractivity contribution in [3.8, 4) is 66.8 Å². The maximum absolute atomic E-state index is 7.42. The molecule has 1 aliphatic rings. The smallest absolute Gasteiger partial charge is 0.159 e. The third-order valence-electron chi connectivity index (χ3n) is 19.6. The Labute approximate surface area is 551 Å². The van der Waals surface area contributed by atoms with Crippen LogP contribution in [0.4, 0.5) is 28.4 Å². The van der Waals surface area contributed by atoms with Crippen molar-refractivity contribution in [1.82, 2.24) is 0 Å². The standard InChI is InChI=1S/C91H62N2O2/c1-58-23-15-17-33-70(58)72-35-19-37-74-76-39-21-41-84(90(76)94-88(72)74)92(82-53-48-66(60-25-7-3-8-26-60)56-79(82)62-29-11-5-12-30-62)69-50-45-64-46-51-78-81(52-47-65-43-44-68(55-69)86(64)87(65)78)93(83-54-49-67(61-27-9-4-10-28-61)57-80(83)63-31-13-6-14-32-63)85-42-22-40-77-75-38-20-36-73(89(75)95-91(77)85)71-34-18-16-24-59(71)2/h3-54,56-57H,55H2,1-2H3. The third-order valence-corrected chi connectivity index (χ3v) is 19.6. The minimum absolute atomic E-state index is 0.618. The highest BCUT2D eigenvalue weighted by atomic mass is 16.3. The summed E-state index contributed by atoms with van der Waals surface area (Å²) in [5.41, 5.74) is 26.7. The number of nitrogens with zero attached hydrogens (tertiary/aromatic N) is 2. The van der Waals surface area contributed by atoms with Crippen LogP contribution in [-0.4, -0.2) is 0 Å². The zero-order chi connectivity index (χ0) is 63.1. The van der Waals surface area contributed by atoms with Gasteiger partial charge in [-0.2, -0.15) is 0 Å². The molecule has 0 amide bonds. The van der Waals surface area contributed by atoms with E-state index in [1.165, 1.54) is 32.8 Å². The molecule has 4 nitrogen and oxygen atoms in total. The summed E-state index contributed by atoms with van der Waals surface area (Å²) < 4.78 is 14.8. The van der Waals surface area contributed by atoms with Gasteiger partial charge < -0.3 is 18.6 Å². The van der Waals surface area contributed by atoms with Gasteiger partial charge in [0.2, 0.25) is 0 Å². The van der Waals surface area contributed by atoms with Crippen LogP contribution < -0.4 is 15.0 Å². The van der Waals surface area contributed by atoms with Gasteiger partial charge in [0.15, 0.2) is 11.2 Å². The normalized spacial score (nSPS) is 12.2. The fraction of sp³-hybridized carbons (Fsp3) is 0.0330. The van der Waals surface area contributed by atoms with Crippen molar-refractivity contribution in [3.05, 3.63) is 349 Å². The van der Waals surface area contributed by atoms with Gasteiger partial charge in [-0.1, -0.05) is 279 Å². The average molecular weight is 1220 g/mol. The Kier molecular flexibility index (Phi) is 13.4. The fourth-order valence-electron chi connectivity index (χ4n) is 15.1. The number of allylic oxidation sites excluding steroid dienone is 2. The summed E-state index contributed by atoms with van der Waals surface area (Å²) in [5, 5.41) is 10.2. The van der Waals surface area contributed by atoms with E-state index in [9.17, 15) is 0 Å². The Balaban J connectivity index is 0.861. The maximum atomic E-state index is 7.42. The van der Waals surface area contributed by atoms with Crippen molar-refractivity contribution in [2.24, 2.45) is 0 Å². The van der Waals surface area contributed by atoms with E-state index < -0.39 is 0 Å². The lowest BCUT2D eigenvalue weighted by molar-refractivity contribution is 0.669. The van der Waals surface area contributed by atoms with Gasteiger partial charge in [0, 0.05) is 61.3 Å². The molecule has 0 bridgehead atoms. The van der Waals surface area contributed by atoms with Gasteiger partial charge in [-0.05, 0) is 145 Å². The first kappa shape index (κ1) is 55.6. The number of furan rings is 2. The molecule has 2 aromatic heterocycles. The Morgan fingerprint density at radius 1 is 0.263 bits per heavy atom. The maximum Gasteiger partial charge on any atom is 0.159 e. The van der Waals surface area contributed by atoms with E-state index in [0.717, 1.165) is 155 Å². The van der Waals surface area contributed by atoms with Gasteiger partial charge in [-0.15, -0.1) is 0 Å². The highest BCUT2D eigenvalue weighted by molar-refractivity contribution is 6.20. The number of para-hydroxylation sites is 4. The molecule has 448 valence electrons. The molecule has 0 N–H and O–H groups in total. The predicted octanol–water partition coefficient (Wildman–Crippen LogP) is 24.7. The number of anilines is 5. The lowest BCUT2D eigenvalue weighted by atomic mass is 9.91. The molecule has 18 rings (SSSR count). The Morgan fingerprint density at radius 2 is 0.695 bits per heavy atom. The number of rotatable bonds is 12. The van der Waals surface area contributed by atoms with Crippen molar-refractivity contribution in [2.45, 2.75) is 20.3 Å². The summed E-state index contributed by atoms with van der Waals surface area (Å²) in [6.45, 7) is 4.36. The first-order valence-corrected chi connectivity index (χ1v) is 32.8. The molecule has 0 unspecified atom stereocenters. The summed E-state index contributed by atoms with van der Waals surface area (Å²) in [5.74, 6) is 0. The monoisotopic (exact) mass is 1210 g/mol. The molecule has 0 spiro atoms. The first-order valence-electron chi connectivity index (χ1n) is 32.8. The molecule has 0 aliphatic heterocycles. The van der Waals surface area contributed by atoms with E-state index in [4.69, 9.17) is 8.83 Å². The third kappa shape index (κ3) is 9.36. The summed E-state index contributed by atoms with van der Waals surface area (Å²) in [6.07, 6.45) is 5.33. The quantitative estimate of drug-likeness (QED) is 0.122. The van der Waals surface area contributed by atoms with Crippen molar-refractivity contribution in [3.63, 3.8) is 0 Å². The lowest BCUT2D eigenvalue weighted by Crippen LogP contribution is -2.19. The number of fused-ring (bicyclic) bond motifs is 6. The van der Waals surface area contributed by atoms with Gasteiger partial charge in [0.1, 0.15) is 11.2 Å². The Bertz CT molecular complexity index is 5960. The first-order chi connectivity index (χ1) is 47.0. The largest absolute Gasteiger partial charge is 0.453 e. The minimum atomic E-state index is 0.618. The highest BCUT2D eigenvalue weighted by Crippen LogP contribution is 2.52. The fourth-order valence-corrected chi connectivity index (χ4v) is 15.1. The van der Waals surface area contributed by atoms with Crippen molar-refractivity contribution in [1.29, 1.82) is 0 Å². The molecule has 4 heteroatoms. The molecular formula is C91H62N2O2. The molecule has 17 aromatic rings. The van der Waals surface area contributed by atoms with Crippen LogP contribution in [0.3, 0.4) is 0 Å². The minimum Gasteiger partial charge on any atom is -0.453 e. The van der Waals surface area contributed by atoms with Crippen LogP contribution in [0.15, 0.2) is 336 Å². The van der Waals surface area contributed by atoms with E-state index in [2.05, 4.69) is 351 Å². The van der Waals surface area contributed by atoms with Gasteiger partial charge in [0.25, 0.3) is 0 Å². The predicted molar refractivity (Wildman–Crippen MR) is 399 cm³/mol. The number of hydrogen-bond donors (Lipinski definition) is 0. The summed E-state index contributed by atoms with van der Waals surface area (Å²) in [4.78, 5) is 4.97. The molecule has 0 saturated carbocycles. The Hall–Kier alpha value is -12.2. The van der Waals surface area contributed by atoms with Crippen LogP contribution in [0.1, 0.15) is 16.7 Å². The van der Waals surface area contributed by atoms with Gasteiger partial charge in [-0.25, -0.2) is 0 Å². The van der Waals surface area contributed by atoms with Crippen LogP contribution in [0, 0.1) is 13.8 Å². The van der Waals surface area contributed by atoms with Crippen LogP contribution in [0.25, 0.3) is 138 Å². The number of benzene rings is 15. The van der Waals surface area contributed by atoms with Crippen LogP contribution >= 0.6 is 0 Å². The summed E-state index contributed by atoms with van der Waals surface area (Å²) in [6, 6.07) is 115. The van der Waals surface area contributed by atoms with E-state index in [1.807, 2.05) is 0 Å². The zero-order valence-corrected chi connectivity index (χ0v) is 52.6. The average Bonchev–Trinajstić information content (AvgIpc) is 1.72. The van der Waals surface area contributed by atoms with E-state index in [-0.39, 0.29) is 0 Å². The van der Waals surface area contributed by atoms with Crippen LogP contribution in [-0.2, 0) is 6.42 Å². The Morgan fingerprint density at radius 3 is 1.22 bits per heavy atom. The van der Waals surface area contributed by atoms with E-state index in [1.54, 1.807) is 0 Å². The molecule has 0 atom stereocenters. The van der Waals surface area contributed by atoms with Crippen molar-refractivity contribution in [2.75, 3.05) is 9.80 Å². The molecule has 95 heavy (non-hydrogen) atoms. The van der Waals surface area contributed by atoms with Gasteiger partial charge in [-0.3, -0.25) is 0 Å². The zero-order valence-electron chi connectivity index (χ0n) is 52.6. The summed E-state index contributed by atoms with van der Waals surface area (Å²) >= 11 is 0. The topological polar surface area (TPSA) is 32.8 Å². The second-order valence-corrected chi connectivity index (χ2v) is 25.1. The lowest BCUT2D eigenvalue weighted by Gasteiger charge is -2.31. The number of aryl methyl sites for hydroxylation is 2. The van der Waals surface area contributed by atoms with Crippen LogP contribution in [0.2, 0.25) is 0 Å². The van der Waals surface area contributed by atoms with E-state index in [0.29, 0.717) is 6.42 Å². The molecule has 0 fully saturated rings. The highest BCUT2D eigenvalue weighted by Gasteiger charge is 2.30. The van der Waals surface area contributed by atoms with Crippen molar-refractivity contribution >= 4 is 99.9 Å². The molecule has 0 saturated heterocycles. The molecule has 0 radical (unpaired) electrons. The van der Waals surface area contributed by atoms with Gasteiger partial charge >= 0.3 is 0 Å². The van der Waals surface area contributed by atoms with Crippen molar-refractivity contribution < 1.29 is 8.83 Å². The second kappa shape index (κ2) is 22.9. The number of hydrogen-bond acceptors (Lipinski definition) is 4. The van der Waals surface area contributed by atoms with Crippen LogP contribution in [0.5, 0.6) is 0 Å². The molecule has 2 heterocycles. The van der Waals surface area contributed by atoms with Gasteiger partial charge in [0.05, 0.1) is 28.4 Å². The molecular weight excluding hydrogens is 1150 g/mol.